The molecule has 2 bridgehead atoms. The molecule has 2 aliphatic carbocycles. The molecule has 0 spiro atoms. The molecule has 2 saturated carbocycles. The van der Waals surface area contributed by atoms with Crippen LogP contribution in [0.2, 0.25) is 5.02 Å². The number of thiazole rings is 1. The van der Waals surface area contributed by atoms with E-state index in [1.54, 1.807) is 25.6 Å². The zero-order valence-electron chi connectivity index (χ0n) is 18.4. The lowest BCUT2D eigenvalue weighted by Gasteiger charge is -2.43. The zero-order valence-corrected chi connectivity index (χ0v) is 20.8. The fourth-order valence-electron chi connectivity index (χ4n) is 7.05. The highest BCUT2D eigenvalue weighted by molar-refractivity contribution is 8.00. The first-order valence-electron chi connectivity index (χ1n) is 11.4. The summed E-state index contributed by atoms with van der Waals surface area (Å²) in [5.41, 5.74) is 1.04. The topological polar surface area (TPSA) is 108 Å². The quantitative estimate of drug-likeness (QED) is 0.598. The second-order valence-electron chi connectivity index (χ2n) is 10.1. The van der Waals surface area contributed by atoms with Crippen LogP contribution in [-0.4, -0.2) is 44.1 Å². The average Bonchev–Trinajstić information content (AvgIpc) is 3.49. The molecule has 10 heteroatoms. The second kappa shape index (κ2) is 7.70. The van der Waals surface area contributed by atoms with Gasteiger partial charge in [-0.1, -0.05) is 48.9 Å². The molecule has 0 unspecified atom stereocenters. The fraction of sp³-hybridized carbons (Fsp3) is 0.500. The van der Waals surface area contributed by atoms with Crippen molar-refractivity contribution in [2.45, 2.75) is 42.5 Å². The van der Waals surface area contributed by atoms with Gasteiger partial charge in [-0.05, 0) is 47.8 Å². The molecular weight excluding hydrogens is 496 g/mol. The number of nitrogens with one attached hydrogen (secondary N) is 1. The van der Waals surface area contributed by atoms with Crippen LogP contribution in [0.25, 0.3) is 0 Å². The van der Waals surface area contributed by atoms with Gasteiger partial charge in [0, 0.05) is 21.1 Å². The Bertz CT molecular complexity index is 1270. The lowest BCUT2D eigenvalue weighted by atomic mass is 9.68. The highest BCUT2D eigenvalue weighted by atomic mass is 35.5. The molecule has 2 amide bonds. The maximum atomic E-state index is 13.6. The molecule has 1 aromatic heterocycles. The number of thioether (sulfide) groups is 1. The summed E-state index contributed by atoms with van der Waals surface area (Å²) >= 11 is 8.97. The van der Waals surface area contributed by atoms with Crippen LogP contribution in [0.1, 0.15) is 36.6 Å². The predicted molar refractivity (Wildman–Crippen MR) is 128 cm³/mol. The van der Waals surface area contributed by atoms with Crippen LogP contribution in [-0.2, 0) is 14.4 Å². The number of aliphatic carboxylic acids is 1. The van der Waals surface area contributed by atoms with Crippen molar-refractivity contribution in [1.29, 1.82) is 0 Å². The number of carbonyl (C=O) groups is 3. The Hall–Kier alpha value is -2.10. The normalized spacial score (nSPS) is 34.4. The highest BCUT2D eigenvalue weighted by Crippen LogP contribution is 2.68. The number of carboxylic acid groups (broad SMARTS) is 1. The molecule has 2 aromatic rings. The fourth-order valence-corrected chi connectivity index (χ4v) is 10.1. The van der Waals surface area contributed by atoms with Crippen LogP contribution in [0.5, 0.6) is 0 Å². The SMILES string of the molecule is CC(C)[C@H](C(=O)O)N1C(=O)[C@@H]2[C@H]3C[C@@H]([C@@H]2C1=O)[C@@H]1[C@@H](c2ccc(Cl)cc2)c2sc(=O)[nH]c2S[C@H]31. The molecule has 34 heavy (non-hydrogen) atoms. The van der Waals surface area contributed by atoms with Crippen LogP contribution < -0.4 is 4.87 Å². The number of amides is 2. The van der Waals surface area contributed by atoms with Crippen molar-refractivity contribution in [2.24, 2.45) is 35.5 Å². The molecule has 7 nitrogen and oxygen atoms in total. The summed E-state index contributed by atoms with van der Waals surface area (Å²) in [6.07, 6.45) is 0.770. The Kier molecular flexibility index (Phi) is 5.07. The molecule has 8 atom stereocenters. The number of benzene rings is 1. The highest BCUT2D eigenvalue weighted by Gasteiger charge is 2.70. The number of rotatable bonds is 4. The molecule has 2 N–H and O–H groups in total. The molecule has 178 valence electrons. The summed E-state index contributed by atoms with van der Waals surface area (Å²) in [5.74, 6) is -3.24. The average molecular weight is 519 g/mol. The van der Waals surface area contributed by atoms with E-state index in [1.807, 2.05) is 24.3 Å². The smallest absolute Gasteiger partial charge is 0.327 e. The molecule has 3 fully saturated rings. The third kappa shape index (κ3) is 2.96. The molecule has 2 aliphatic heterocycles. The van der Waals surface area contributed by atoms with E-state index in [9.17, 15) is 24.3 Å². The Balaban J connectivity index is 1.44. The molecule has 1 saturated heterocycles. The first-order chi connectivity index (χ1) is 16.2. The van der Waals surface area contributed by atoms with Gasteiger partial charge in [0.2, 0.25) is 11.8 Å². The number of aromatic nitrogens is 1. The summed E-state index contributed by atoms with van der Waals surface area (Å²) in [6.45, 7) is 3.45. The van der Waals surface area contributed by atoms with E-state index in [4.69, 9.17) is 11.6 Å². The van der Waals surface area contributed by atoms with Crippen molar-refractivity contribution in [3.8, 4) is 0 Å². The number of halogens is 1. The zero-order chi connectivity index (χ0) is 24.0. The maximum absolute atomic E-state index is 13.6. The largest absolute Gasteiger partial charge is 0.480 e. The van der Waals surface area contributed by atoms with Gasteiger partial charge in [-0.2, -0.15) is 0 Å². The molecule has 4 aliphatic rings. The van der Waals surface area contributed by atoms with Gasteiger partial charge in [0.25, 0.3) is 0 Å². The predicted octanol–water partition coefficient (Wildman–Crippen LogP) is 3.67. The molecule has 3 heterocycles. The van der Waals surface area contributed by atoms with Crippen molar-refractivity contribution >= 4 is 52.5 Å². The molecule has 1 aromatic carbocycles. The number of hydrogen-bond acceptors (Lipinski definition) is 6. The lowest BCUT2D eigenvalue weighted by Crippen LogP contribution is -2.49. The van der Waals surface area contributed by atoms with Crippen LogP contribution in [0, 0.1) is 35.5 Å². The van der Waals surface area contributed by atoms with Crippen LogP contribution >= 0.6 is 34.7 Å². The minimum absolute atomic E-state index is 0.0283. The van der Waals surface area contributed by atoms with Gasteiger partial charge in [-0.3, -0.25) is 19.3 Å². The number of carboxylic acids is 1. The van der Waals surface area contributed by atoms with E-state index in [0.717, 1.165) is 26.8 Å². The minimum atomic E-state index is -1.15. The van der Waals surface area contributed by atoms with Gasteiger partial charge in [0.15, 0.2) is 0 Å². The van der Waals surface area contributed by atoms with Gasteiger partial charge >= 0.3 is 10.8 Å². The van der Waals surface area contributed by atoms with E-state index in [-0.39, 0.29) is 51.5 Å². The van der Waals surface area contributed by atoms with Crippen LogP contribution in [0.3, 0.4) is 0 Å². The summed E-state index contributed by atoms with van der Waals surface area (Å²) in [6, 6.07) is 6.48. The Labute approximate surface area is 208 Å². The van der Waals surface area contributed by atoms with Crippen molar-refractivity contribution < 1.29 is 19.5 Å². The molecular formula is C24H23ClN2O5S2. The Morgan fingerprint density at radius 3 is 2.38 bits per heavy atom. The number of hydrogen-bond donors (Lipinski definition) is 2. The number of carbonyl (C=O) groups excluding carboxylic acids is 2. The van der Waals surface area contributed by atoms with Gasteiger partial charge in [0.1, 0.15) is 6.04 Å². The van der Waals surface area contributed by atoms with Gasteiger partial charge in [-0.15, -0.1) is 11.8 Å². The van der Waals surface area contributed by atoms with Crippen molar-refractivity contribution in [3.63, 3.8) is 0 Å². The number of aromatic amines is 1. The van der Waals surface area contributed by atoms with Crippen molar-refractivity contribution in [3.05, 3.63) is 49.4 Å². The van der Waals surface area contributed by atoms with E-state index >= 15 is 0 Å². The van der Waals surface area contributed by atoms with Crippen LogP contribution in [0.15, 0.2) is 34.1 Å². The summed E-state index contributed by atoms with van der Waals surface area (Å²) in [7, 11) is 0. The third-order valence-corrected chi connectivity index (χ3v) is 11.0. The van der Waals surface area contributed by atoms with Gasteiger partial charge < -0.3 is 10.1 Å². The van der Waals surface area contributed by atoms with E-state index in [1.165, 1.54) is 11.3 Å². The van der Waals surface area contributed by atoms with Crippen molar-refractivity contribution in [2.75, 3.05) is 0 Å². The Morgan fingerprint density at radius 1 is 1.12 bits per heavy atom. The third-order valence-electron chi connectivity index (χ3n) is 8.15. The minimum Gasteiger partial charge on any atom is -0.480 e. The summed E-state index contributed by atoms with van der Waals surface area (Å²) < 4.78 is 0. The second-order valence-corrected chi connectivity index (χ2v) is 12.7. The number of likely N-dealkylation sites (tertiary alicyclic amines) is 1. The van der Waals surface area contributed by atoms with Crippen molar-refractivity contribution in [1.82, 2.24) is 9.88 Å². The summed E-state index contributed by atoms with van der Waals surface area (Å²) in [4.78, 5) is 56.3. The number of nitrogens with zero attached hydrogens (tertiary/aromatic N) is 1. The van der Waals surface area contributed by atoms with Gasteiger partial charge in [-0.25, -0.2) is 4.79 Å². The molecule has 6 rings (SSSR count). The molecule has 0 radical (unpaired) electrons. The van der Waals surface area contributed by atoms with E-state index in [2.05, 4.69) is 4.98 Å². The van der Waals surface area contributed by atoms with E-state index in [0.29, 0.717) is 5.02 Å². The summed E-state index contributed by atoms with van der Waals surface area (Å²) in [5, 5.41) is 11.3. The monoisotopic (exact) mass is 518 g/mol. The number of H-pyrrole nitrogens is 1. The standard InChI is InChI=1S/C24H23ClN2O5S2/c1-8(2)17(23(30)31)27-21(28)15-11-7-12(16(15)22(27)29)18-14(11)13(9-3-5-10(25)6-4-9)19-20(33-18)26-24(32)34-19/h3-6,8,11-18H,7H2,1-2H3,(H,26,32)(H,30,31)/t11-,12-,13-,14-,15+,16-,17-,18-/m1/s1. The van der Waals surface area contributed by atoms with E-state index < -0.39 is 23.8 Å². The van der Waals surface area contributed by atoms with Gasteiger partial charge in [0.05, 0.1) is 16.9 Å². The number of fused-ring (bicyclic) bond motifs is 9. The maximum Gasteiger partial charge on any atom is 0.327 e. The Morgan fingerprint density at radius 2 is 1.76 bits per heavy atom. The number of imide groups is 1. The first-order valence-corrected chi connectivity index (χ1v) is 13.5. The lowest BCUT2D eigenvalue weighted by molar-refractivity contribution is -0.157. The first kappa shape index (κ1) is 22.4. The van der Waals surface area contributed by atoms with Crippen LogP contribution in [0.4, 0.5) is 0 Å².